The van der Waals surface area contributed by atoms with E-state index in [4.69, 9.17) is 5.11 Å². The van der Waals surface area contributed by atoms with Crippen LogP contribution in [0.4, 0.5) is 39.5 Å². The summed E-state index contributed by atoms with van der Waals surface area (Å²) in [6, 6.07) is -0.281. The summed E-state index contributed by atoms with van der Waals surface area (Å²) in [5, 5.41) is 8.42. The molecular formula is C14H11F9O2. The zero-order chi connectivity index (χ0) is 19.6. The summed E-state index contributed by atoms with van der Waals surface area (Å²) in [4.78, 5) is 10.3. The van der Waals surface area contributed by atoms with Gasteiger partial charge in [0.25, 0.3) is 0 Å². The third-order valence-electron chi connectivity index (χ3n) is 3.27. The fraction of sp³-hybridized carbons (Fsp3) is 0.500. The van der Waals surface area contributed by atoms with Gasteiger partial charge in [-0.1, -0.05) is 0 Å². The number of carboxylic acids is 1. The van der Waals surface area contributed by atoms with Gasteiger partial charge in [0.15, 0.2) is 0 Å². The molecule has 1 aromatic rings. The Morgan fingerprint density at radius 3 is 1.68 bits per heavy atom. The van der Waals surface area contributed by atoms with Crippen molar-refractivity contribution in [2.45, 2.75) is 44.2 Å². The molecule has 0 heterocycles. The molecule has 0 aliphatic carbocycles. The first-order valence-electron chi connectivity index (χ1n) is 6.75. The number of rotatable bonds is 5. The molecule has 1 aromatic carbocycles. The number of hydrogen-bond acceptors (Lipinski definition) is 1. The lowest BCUT2D eigenvalue weighted by Gasteiger charge is -2.23. The summed E-state index contributed by atoms with van der Waals surface area (Å²) < 4.78 is 117. The van der Waals surface area contributed by atoms with Crippen LogP contribution < -0.4 is 0 Å². The third kappa shape index (κ3) is 5.53. The third-order valence-corrected chi connectivity index (χ3v) is 3.27. The lowest BCUT2D eigenvalue weighted by atomic mass is 9.91. The van der Waals surface area contributed by atoms with Gasteiger partial charge >= 0.3 is 24.5 Å². The highest BCUT2D eigenvalue weighted by Crippen LogP contribution is 2.46. The summed E-state index contributed by atoms with van der Waals surface area (Å²) in [7, 11) is 0. The first-order chi connectivity index (χ1) is 11.2. The van der Waals surface area contributed by atoms with E-state index in [0.717, 1.165) is 0 Å². The van der Waals surface area contributed by atoms with Crippen molar-refractivity contribution in [3.8, 4) is 0 Å². The van der Waals surface area contributed by atoms with Crippen LogP contribution in [0.1, 0.15) is 41.5 Å². The second-order valence-corrected chi connectivity index (χ2v) is 5.11. The number of benzene rings is 1. The van der Waals surface area contributed by atoms with Crippen LogP contribution in [0.3, 0.4) is 0 Å². The van der Waals surface area contributed by atoms with Gasteiger partial charge in [-0.15, -0.1) is 0 Å². The van der Waals surface area contributed by atoms with Crippen molar-refractivity contribution in [3.63, 3.8) is 0 Å². The normalized spacial score (nSPS) is 13.2. The molecule has 11 heteroatoms. The Kier molecular flexibility index (Phi) is 6.01. The van der Waals surface area contributed by atoms with E-state index in [1.165, 1.54) is 0 Å². The number of carbonyl (C=O) groups is 1. The first kappa shape index (κ1) is 21.1. The van der Waals surface area contributed by atoms with Gasteiger partial charge in [0.05, 0.1) is 16.7 Å². The van der Waals surface area contributed by atoms with Crippen LogP contribution in [0.25, 0.3) is 0 Å². The van der Waals surface area contributed by atoms with Gasteiger partial charge in [0.2, 0.25) is 0 Å². The van der Waals surface area contributed by atoms with E-state index in [2.05, 4.69) is 0 Å². The Hall–Kier alpha value is -1.94. The predicted molar refractivity (Wildman–Crippen MR) is 66.6 cm³/mol. The molecule has 0 aliphatic heterocycles. The van der Waals surface area contributed by atoms with Crippen LogP contribution in [0.5, 0.6) is 0 Å². The number of aliphatic carboxylic acids is 1. The van der Waals surface area contributed by atoms with Gasteiger partial charge in [0.1, 0.15) is 0 Å². The molecule has 25 heavy (non-hydrogen) atoms. The molecule has 142 valence electrons. The Bertz CT molecular complexity index is 627. The van der Waals surface area contributed by atoms with Crippen molar-refractivity contribution in [3.05, 3.63) is 34.4 Å². The standard InChI is InChI=1S/C14H11F9O2/c15-12(16,17)8-5-6-9(13(18,19)20)11(14(21,22)23)7(8)3-1-2-4-10(24)25/h5-6H,1-4H2,(H,24,25). The molecule has 1 N–H and O–H groups in total. The van der Waals surface area contributed by atoms with Crippen LogP contribution in [0.2, 0.25) is 0 Å². The molecule has 0 fully saturated rings. The molecule has 0 spiro atoms. The minimum absolute atomic E-state index is 0.0371. The average molecular weight is 382 g/mol. The second-order valence-electron chi connectivity index (χ2n) is 5.11. The predicted octanol–water partition coefficient (Wildman–Crippen LogP) is 5.54. The summed E-state index contributed by atoms with van der Waals surface area (Å²) in [6.07, 6.45) is -18.7. The van der Waals surface area contributed by atoms with Crippen LogP contribution in [-0.4, -0.2) is 11.1 Å². The monoisotopic (exact) mass is 382 g/mol. The smallest absolute Gasteiger partial charge is 0.417 e. The number of alkyl halides is 9. The van der Waals surface area contributed by atoms with Crippen LogP contribution >= 0.6 is 0 Å². The van der Waals surface area contributed by atoms with Crippen molar-refractivity contribution >= 4 is 5.97 Å². The summed E-state index contributed by atoms with van der Waals surface area (Å²) in [6.45, 7) is 0. The maximum absolute atomic E-state index is 13.1. The molecule has 0 bridgehead atoms. The Labute approximate surface area is 135 Å². The van der Waals surface area contributed by atoms with Crippen LogP contribution in [0, 0.1) is 0 Å². The molecule has 0 saturated carbocycles. The summed E-state index contributed by atoms with van der Waals surface area (Å²) in [5.41, 5.74) is -7.94. The van der Waals surface area contributed by atoms with Gasteiger partial charge in [-0.2, -0.15) is 39.5 Å². The molecule has 0 aliphatic rings. The lowest BCUT2D eigenvalue weighted by molar-refractivity contribution is -0.164. The summed E-state index contributed by atoms with van der Waals surface area (Å²) >= 11 is 0. The zero-order valence-electron chi connectivity index (χ0n) is 12.2. The van der Waals surface area contributed by atoms with E-state index in [0.29, 0.717) is 0 Å². The topological polar surface area (TPSA) is 37.3 Å². The Morgan fingerprint density at radius 2 is 1.28 bits per heavy atom. The van der Waals surface area contributed by atoms with Gasteiger partial charge in [-0.05, 0) is 37.0 Å². The van der Waals surface area contributed by atoms with Crippen molar-refractivity contribution in [1.29, 1.82) is 0 Å². The molecule has 0 radical (unpaired) electrons. The van der Waals surface area contributed by atoms with E-state index >= 15 is 0 Å². The van der Waals surface area contributed by atoms with Crippen LogP contribution in [0.15, 0.2) is 12.1 Å². The van der Waals surface area contributed by atoms with E-state index in [1.807, 2.05) is 0 Å². The Morgan fingerprint density at radius 1 is 0.800 bits per heavy atom. The Balaban J connectivity index is 3.51. The highest BCUT2D eigenvalue weighted by Gasteiger charge is 2.47. The van der Waals surface area contributed by atoms with E-state index in [9.17, 15) is 44.3 Å². The van der Waals surface area contributed by atoms with E-state index in [1.54, 1.807) is 0 Å². The van der Waals surface area contributed by atoms with Crippen molar-refractivity contribution < 1.29 is 49.4 Å². The van der Waals surface area contributed by atoms with Gasteiger partial charge in [-0.3, -0.25) is 4.79 Å². The van der Waals surface area contributed by atoms with E-state index in [-0.39, 0.29) is 18.6 Å². The molecule has 0 saturated heterocycles. The molecule has 2 nitrogen and oxygen atoms in total. The second kappa shape index (κ2) is 7.12. The molecule has 0 atom stereocenters. The van der Waals surface area contributed by atoms with Crippen LogP contribution in [-0.2, 0) is 29.7 Å². The number of hydrogen-bond donors (Lipinski definition) is 1. The van der Waals surface area contributed by atoms with Crippen molar-refractivity contribution in [2.24, 2.45) is 0 Å². The lowest BCUT2D eigenvalue weighted by Crippen LogP contribution is -2.22. The minimum Gasteiger partial charge on any atom is -0.481 e. The van der Waals surface area contributed by atoms with Crippen molar-refractivity contribution in [1.82, 2.24) is 0 Å². The van der Waals surface area contributed by atoms with Gasteiger partial charge in [0, 0.05) is 6.42 Å². The quantitative estimate of drug-likeness (QED) is 0.536. The molecule has 0 aromatic heterocycles. The molecule has 1 rings (SSSR count). The van der Waals surface area contributed by atoms with Gasteiger partial charge < -0.3 is 5.11 Å². The summed E-state index contributed by atoms with van der Waals surface area (Å²) in [5.74, 6) is -1.32. The zero-order valence-corrected chi connectivity index (χ0v) is 12.2. The fourth-order valence-electron chi connectivity index (χ4n) is 2.31. The van der Waals surface area contributed by atoms with Crippen molar-refractivity contribution in [2.75, 3.05) is 0 Å². The SMILES string of the molecule is O=C(O)CCCCc1c(C(F)(F)F)ccc(C(F)(F)F)c1C(F)(F)F. The molecule has 0 unspecified atom stereocenters. The molecule has 0 amide bonds. The fourth-order valence-corrected chi connectivity index (χ4v) is 2.31. The van der Waals surface area contributed by atoms with E-state index < -0.39 is 66.0 Å². The number of unbranched alkanes of at least 4 members (excludes halogenated alkanes) is 1. The maximum Gasteiger partial charge on any atom is 0.417 e. The maximum atomic E-state index is 13.1. The molecular weight excluding hydrogens is 371 g/mol. The highest BCUT2D eigenvalue weighted by molar-refractivity contribution is 5.66. The average Bonchev–Trinajstić information content (AvgIpc) is 2.39. The largest absolute Gasteiger partial charge is 0.481 e. The highest BCUT2D eigenvalue weighted by atomic mass is 19.4. The number of halogens is 9. The first-order valence-corrected chi connectivity index (χ1v) is 6.75. The van der Waals surface area contributed by atoms with Gasteiger partial charge in [-0.25, -0.2) is 0 Å². The number of carboxylic acid groups (broad SMARTS) is 1. The minimum atomic E-state index is -5.66.